The lowest BCUT2D eigenvalue weighted by Crippen LogP contribution is -2.19. The second kappa shape index (κ2) is 10.7. The summed E-state index contributed by atoms with van der Waals surface area (Å²) in [5.74, 6) is 1.60. The fourth-order valence-electron chi connectivity index (χ4n) is 4.04. The van der Waals surface area contributed by atoms with Gasteiger partial charge in [0.25, 0.3) is 0 Å². The Kier molecular flexibility index (Phi) is 7.47. The molecule has 2 atom stereocenters. The number of hydrogen-bond donors (Lipinski definition) is 3. The molecule has 8 heteroatoms. The molecule has 0 radical (unpaired) electrons. The van der Waals surface area contributed by atoms with E-state index in [2.05, 4.69) is 35.2 Å². The van der Waals surface area contributed by atoms with Gasteiger partial charge >= 0.3 is 0 Å². The highest BCUT2D eigenvalue weighted by Crippen LogP contribution is 2.37. The zero-order chi connectivity index (χ0) is 23.2. The molecule has 3 N–H and O–H groups in total. The Labute approximate surface area is 198 Å². The number of nitrogens with zero attached hydrogens (tertiary/aromatic N) is 4. The van der Waals surface area contributed by atoms with E-state index in [9.17, 15) is 5.11 Å². The first-order chi connectivity index (χ1) is 16.1. The van der Waals surface area contributed by atoms with E-state index in [0.717, 1.165) is 63.7 Å². The average Bonchev–Trinajstić information content (AvgIpc) is 3.44. The topological polar surface area (TPSA) is 95.9 Å². The lowest BCUT2D eigenvalue weighted by atomic mass is 10.1. The van der Waals surface area contributed by atoms with E-state index >= 15 is 0 Å². The molecular weight excluding hydrogens is 432 g/mol. The molecule has 1 aliphatic carbocycles. The fraction of sp³-hybridized carbons (Fsp3) is 0.360. The molecule has 4 rings (SSSR count). The van der Waals surface area contributed by atoms with Crippen LogP contribution in [0.4, 0.5) is 11.8 Å². The summed E-state index contributed by atoms with van der Waals surface area (Å²) < 4.78 is 1.08. The first kappa shape index (κ1) is 23.1. The maximum absolute atomic E-state index is 9.57. The van der Waals surface area contributed by atoms with Crippen LogP contribution in [-0.2, 0) is 0 Å². The van der Waals surface area contributed by atoms with E-state index in [1.807, 2.05) is 25.1 Å². The molecule has 0 spiro atoms. The highest BCUT2D eigenvalue weighted by atomic mass is 32.1. The van der Waals surface area contributed by atoms with Crippen LogP contribution < -0.4 is 10.6 Å². The van der Waals surface area contributed by atoms with Gasteiger partial charge in [0.15, 0.2) is 0 Å². The Morgan fingerprint density at radius 3 is 2.91 bits per heavy atom. The van der Waals surface area contributed by atoms with Crippen molar-refractivity contribution in [3.8, 4) is 10.6 Å². The average molecular weight is 463 g/mol. The van der Waals surface area contributed by atoms with Crippen LogP contribution in [0.2, 0.25) is 0 Å². The minimum absolute atomic E-state index is 0.226. The van der Waals surface area contributed by atoms with Crippen LogP contribution in [0.1, 0.15) is 38.3 Å². The van der Waals surface area contributed by atoms with Crippen molar-refractivity contribution in [3.05, 3.63) is 60.7 Å². The van der Waals surface area contributed by atoms with Crippen molar-refractivity contribution in [2.75, 3.05) is 17.2 Å². The third-order valence-corrected chi connectivity index (χ3v) is 6.81. The van der Waals surface area contributed by atoms with Crippen molar-refractivity contribution in [1.29, 1.82) is 0 Å². The third kappa shape index (κ3) is 5.46. The molecule has 1 fully saturated rings. The van der Waals surface area contributed by atoms with E-state index in [-0.39, 0.29) is 12.6 Å². The van der Waals surface area contributed by atoms with Crippen molar-refractivity contribution in [1.82, 2.24) is 19.9 Å². The summed E-state index contributed by atoms with van der Waals surface area (Å²) in [5.41, 5.74) is 3.44. The Balaban J connectivity index is 1.72. The van der Waals surface area contributed by atoms with Gasteiger partial charge < -0.3 is 15.7 Å². The van der Waals surface area contributed by atoms with Crippen LogP contribution in [-0.4, -0.2) is 37.7 Å². The first-order valence-corrected chi connectivity index (χ1v) is 12.2. The number of aliphatic hydroxyl groups excluding tert-OH is 1. The molecule has 33 heavy (non-hydrogen) atoms. The van der Waals surface area contributed by atoms with Crippen LogP contribution in [0, 0.1) is 12.8 Å². The number of hydrogen-bond acceptors (Lipinski definition) is 8. The van der Waals surface area contributed by atoms with E-state index < -0.39 is 0 Å². The van der Waals surface area contributed by atoms with Crippen molar-refractivity contribution in [2.24, 2.45) is 5.92 Å². The van der Waals surface area contributed by atoms with Crippen LogP contribution in [0.5, 0.6) is 0 Å². The largest absolute Gasteiger partial charge is 0.396 e. The molecule has 0 aliphatic heterocycles. The number of nitrogens with one attached hydrogen (secondary N) is 2. The fourth-order valence-corrected chi connectivity index (χ4v) is 5.07. The van der Waals surface area contributed by atoms with Gasteiger partial charge in [-0.15, -0.1) is 11.3 Å². The van der Waals surface area contributed by atoms with Crippen molar-refractivity contribution < 1.29 is 5.11 Å². The molecule has 1 saturated carbocycles. The summed E-state index contributed by atoms with van der Waals surface area (Å²) in [6.07, 6.45) is 15.2. The Morgan fingerprint density at radius 2 is 2.18 bits per heavy atom. The van der Waals surface area contributed by atoms with Crippen LogP contribution in [0.15, 0.2) is 55.0 Å². The summed E-state index contributed by atoms with van der Waals surface area (Å²) in [5, 5.41) is 17.3. The number of anilines is 2. The molecule has 0 saturated heterocycles. The summed E-state index contributed by atoms with van der Waals surface area (Å²) >= 11 is 1.61. The summed E-state index contributed by atoms with van der Waals surface area (Å²) in [6.45, 7) is 8.20. The van der Waals surface area contributed by atoms with Gasteiger partial charge in [0, 0.05) is 24.5 Å². The summed E-state index contributed by atoms with van der Waals surface area (Å²) in [6, 6.07) is 2.23. The third-order valence-electron chi connectivity index (χ3n) is 5.76. The van der Waals surface area contributed by atoms with Gasteiger partial charge in [0.1, 0.15) is 16.3 Å². The van der Waals surface area contributed by atoms with E-state index in [0.29, 0.717) is 11.9 Å². The number of fused-ring (bicyclic) bond motifs is 1. The van der Waals surface area contributed by atoms with Crippen molar-refractivity contribution in [2.45, 2.75) is 45.6 Å². The van der Waals surface area contributed by atoms with Gasteiger partial charge in [0.2, 0.25) is 5.95 Å². The second-order valence-electron chi connectivity index (χ2n) is 8.21. The predicted molar refractivity (Wildman–Crippen MR) is 136 cm³/mol. The molecule has 7 nitrogen and oxygen atoms in total. The van der Waals surface area contributed by atoms with Crippen LogP contribution in [0.25, 0.3) is 20.8 Å². The van der Waals surface area contributed by atoms with Gasteiger partial charge in [-0.25, -0.2) is 9.97 Å². The number of aryl methyl sites for hydroxylation is 1. The van der Waals surface area contributed by atoms with E-state index in [1.165, 1.54) is 0 Å². The zero-order valence-electron chi connectivity index (χ0n) is 19.1. The first-order valence-electron chi connectivity index (χ1n) is 11.3. The van der Waals surface area contributed by atoms with Crippen LogP contribution in [0.3, 0.4) is 0 Å². The number of aliphatic hydroxyl groups is 1. The van der Waals surface area contributed by atoms with E-state index in [1.54, 1.807) is 29.8 Å². The van der Waals surface area contributed by atoms with Gasteiger partial charge in [-0.05, 0) is 56.7 Å². The molecule has 172 valence electrons. The standard InChI is InChI=1S/C25H30N6OS/c1-4-6-7-8-18(5-2)29-25-27-16(3)22(24-30-20-14-26-12-11-21(20)33-24)23(31-25)28-19-10-9-17(13-19)15-32/h5-8,11-12,14,17,19,32H,2,4,9-10,13,15H2,1,3H3,(H2,27,28,29,31)/b7-6-,18-8+. The minimum Gasteiger partial charge on any atom is -0.396 e. The lowest BCUT2D eigenvalue weighted by Gasteiger charge is -2.18. The normalized spacial score (nSPS) is 18.8. The Hall–Kier alpha value is -3.10. The highest BCUT2D eigenvalue weighted by Gasteiger charge is 2.26. The van der Waals surface area contributed by atoms with Gasteiger partial charge in [-0.1, -0.05) is 25.7 Å². The molecule has 0 aromatic carbocycles. The Bertz CT molecular complexity index is 1150. The molecule has 3 aromatic rings. The van der Waals surface area contributed by atoms with Crippen molar-refractivity contribution >= 4 is 33.3 Å². The number of rotatable bonds is 9. The smallest absolute Gasteiger partial charge is 0.229 e. The monoisotopic (exact) mass is 462 g/mol. The summed E-state index contributed by atoms with van der Waals surface area (Å²) in [7, 11) is 0. The second-order valence-corrected chi connectivity index (χ2v) is 9.24. The van der Waals surface area contributed by atoms with Gasteiger partial charge in [-0.2, -0.15) is 4.98 Å². The lowest BCUT2D eigenvalue weighted by molar-refractivity contribution is 0.229. The maximum atomic E-state index is 9.57. The predicted octanol–water partition coefficient (Wildman–Crippen LogP) is 5.48. The molecule has 3 heterocycles. The Morgan fingerprint density at radius 1 is 1.30 bits per heavy atom. The molecule has 1 aliphatic rings. The van der Waals surface area contributed by atoms with Crippen molar-refractivity contribution in [3.63, 3.8) is 0 Å². The summed E-state index contributed by atoms with van der Waals surface area (Å²) in [4.78, 5) is 18.6. The SMILES string of the molecule is C=C/C(=C\C=C/CC)Nc1nc(C)c(-c2nc3cnccc3s2)c(NC2CCC(CO)C2)n1. The zero-order valence-corrected chi connectivity index (χ0v) is 19.9. The number of thiazole rings is 1. The molecule has 3 aromatic heterocycles. The molecule has 2 unspecified atom stereocenters. The maximum Gasteiger partial charge on any atom is 0.229 e. The quantitative estimate of drug-likeness (QED) is 0.363. The minimum atomic E-state index is 0.226. The molecule has 0 amide bonds. The molecular formula is C25H30N6OS. The highest BCUT2D eigenvalue weighted by molar-refractivity contribution is 7.21. The molecule has 0 bridgehead atoms. The number of aromatic nitrogens is 4. The van der Waals surface area contributed by atoms with Crippen LogP contribution >= 0.6 is 11.3 Å². The van der Waals surface area contributed by atoms with Gasteiger partial charge in [-0.3, -0.25) is 4.98 Å². The van der Waals surface area contributed by atoms with E-state index in [4.69, 9.17) is 15.0 Å². The number of pyridine rings is 1. The van der Waals surface area contributed by atoms with Gasteiger partial charge in [0.05, 0.1) is 22.2 Å². The number of allylic oxidation sites excluding steroid dienone is 4.